The van der Waals surface area contributed by atoms with Crippen molar-refractivity contribution in [2.24, 2.45) is 5.73 Å². The van der Waals surface area contributed by atoms with Crippen LogP contribution in [-0.4, -0.2) is 0 Å². The molecule has 6 heteroatoms. The first kappa shape index (κ1) is 16.3. The Labute approximate surface area is 109 Å². The van der Waals surface area contributed by atoms with Gasteiger partial charge in [0.05, 0.1) is 5.56 Å². The van der Waals surface area contributed by atoms with E-state index in [2.05, 4.69) is 6.58 Å². The van der Waals surface area contributed by atoms with Gasteiger partial charge >= 0.3 is 6.18 Å². The number of nitrogens with two attached hydrogens (primary N) is 1. The Morgan fingerprint density at radius 2 is 2.00 bits per heavy atom. The van der Waals surface area contributed by atoms with E-state index in [0.29, 0.717) is 6.42 Å². The first-order valence-electron chi connectivity index (χ1n) is 4.59. The Morgan fingerprint density at radius 3 is 2.47 bits per heavy atom. The Bertz CT molecular complexity index is 391. The fraction of sp³-hybridized carbons (Fsp3) is 0.273. The van der Waals surface area contributed by atoms with Crippen LogP contribution in [-0.2, 0) is 6.18 Å². The molecule has 1 atom stereocenters. The smallest absolute Gasteiger partial charge is 0.324 e. The molecule has 96 valence electrons. The van der Waals surface area contributed by atoms with E-state index in [1.807, 2.05) is 0 Å². The Kier molecular flexibility index (Phi) is 6.02. The van der Waals surface area contributed by atoms with Crippen molar-refractivity contribution in [3.63, 3.8) is 0 Å². The van der Waals surface area contributed by atoms with Crippen LogP contribution in [0, 0.1) is 0 Å². The van der Waals surface area contributed by atoms with Gasteiger partial charge in [-0.2, -0.15) is 13.2 Å². The lowest BCUT2D eigenvalue weighted by atomic mass is 10.0. The molecule has 2 N–H and O–H groups in total. The van der Waals surface area contributed by atoms with Crippen LogP contribution in [0.15, 0.2) is 30.9 Å². The lowest BCUT2D eigenvalue weighted by Crippen LogP contribution is -2.12. The zero-order valence-electron chi connectivity index (χ0n) is 8.80. The van der Waals surface area contributed by atoms with E-state index >= 15 is 0 Å². The third kappa shape index (κ3) is 4.22. The number of rotatable bonds is 3. The second-order valence-electron chi connectivity index (χ2n) is 3.36. The first-order chi connectivity index (χ1) is 7.36. The normalized spacial score (nSPS) is 12.8. The second-order valence-corrected chi connectivity index (χ2v) is 3.77. The van der Waals surface area contributed by atoms with E-state index in [1.165, 1.54) is 6.07 Å². The summed E-state index contributed by atoms with van der Waals surface area (Å²) in [5.41, 5.74) is 5.24. The highest BCUT2D eigenvalue weighted by Gasteiger charge is 2.31. The summed E-state index contributed by atoms with van der Waals surface area (Å²) in [4.78, 5) is 0. The minimum absolute atomic E-state index is 0. The summed E-state index contributed by atoms with van der Waals surface area (Å²) in [5.74, 6) is 0. The van der Waals surface area contributed by atoms with E-state index in [4.69, 9.17) is 17.3 Å². The summed E-state index contributed by atoms with van der Waals surface area (Å²) >= 11 is 5.80. The van der Waals surface area contributed by atoms with E-state index in [9.17, 15) is 13.2 Å². The molecule has 0 unspecified atom stereocenters. The van der Waals surface area contributed by atoms with Crippen molar-refractivity contribution in [1.82, 2.24) is 0 Å². The van der Waals surface area contributed by atoms with Gasteiger partial charge in [0.2, 0.25) is 0 Å². The molecule has 0 heterocycles. The number of alkyl halides is 3. The minimum atomic E-state index is -4.38. The molecule has 1 nitrogen and oxygen atoms in total. The standard InChI is InChI=1S/C11H11ClF3N.ClH/c1-2-3-10(16)8-6-7(11(13,14)15)4-5-9(8)12;/h2,4-6,10H,1,3,16H2;1H/t10-;/m0./s1. The van der Waals surface area contributed by atoms with Crippen molar-refractivity contribution in [2.75, 3.05) is 0 Å². The fourth-order valence-electron chi connectivity index (χ4n) is 1.31. The summed E-state index contributed by atoms with van der Waals surface area (Å²) in [5, 5.41) is 0.238. The van der Waals surface area contributed by atoms with E-state index in [0.717, 1.165) is 12.1 Å². The van der Waals surface area contributed by atoms with Gasteiger partial charge in [-0.15, -0.1) is 19.0 Å². The van der Waals surface area contributed by atoms with Crippen molar-refractivity contribution in [2.45, 2.75) is 18.6 Å². The molecule has 0 saturated heterocycles. The quantitative estimate of drug-likeness (QED) is 0.821. The van der Waals surface area contributed by atoms with Gasteiger partial charge in [0, 0.05) is 11.1 Å². The molecule has 0 radical (unpaired) electrons. The molecule has 0 saturated carbocycles. The number of hydrogen-bond donors (Lipinski definition) is 1. The monoisotopic (exact) mass is 285 g/mol. The van der Waals surface area contributed by atoms with Gasteiger partial charge in [-0.1, -0.05) is 17.7 Å². The van der Waals surface area contributed by atoms with Gasteiger partial charge in [0.25, 0.3) is 0 Å². The van der Waals surface area contributed by atoms with Gasteiger partial charge in [-0.05, 0) is 30.2 Å². The van der Waals surface area contributed by atoms with E-state index in [-0.39, 0.29) is 23.0 Å². The van der Waals surface area contributed by atoms with Crippen LogP contribution in [0.5, 0.6) is 0 Å². The molecule has 0 spiro atoms. The van der Waals surface area contributed by atoms with Crippen molar-refractivity contribution >= 4 is 24.0 Å². The molecule has 0 aliphatic heterocycles. The van der Waals surface area contributed by atoms with Crippen LogP contribution >= 0.6 is 24.0 Å². The zero-order valence-corrected chi connectivity index (χ0v) is 10.4. The SMILES string of the molecule is C=CC[C@H](N)c1cc(C(F)(F)F)ccc1Cl.Cl. The first-order valence-corrected chi connectivity index (χ1v) is 4.97. The van der Waals surface area contributed by atoms with Gasteiger partial charge in [-0.3, -0.25) is 0 Å². The number of halogens is 5. The highest BCUT2D eigenvalue weighted by Crippen LogP contribution is 2.33. The Balaban J connectivity index is 0.00000256. The molecule has 0 aromatic heterocycles. The maximum atomic E-state index is 12.4. The molecule has 1 rings (SSSR count). The van der Waals surface area contributed by atoms with Crippen LogP contribution in [0.3, 0.4) is 0 Å². The molecule has 0 bridgehead atoms. The molecule has 0 amide bonds. The van der Waals surface area contributed by atoms with Gasteiger partial charge in [0.1, 0.15) is 0 Å². The molecule has 1 aromatic rings. The topological polar surface area (TPSA) is 26.0 Å². The third-order valence-electron chi connectivity index (χ3n) is 2.14. The zero-order chi connectivity index (χ0) is 12.3. The summed E-state index contributed by atoms with van der Waals surface area (Å²) < 4.78 is 37.3. The predicted molar refractivity (Wildman–Crippen MR) is 65.4 cm³/mol. The Morgan fingerprint density at radius 1 is 1.41 bits per heavy atom. The van der Waals surface area contributed by atoms with Crippen molar-refractivity contribution in [3.05, 3.63) is 47.0 Å². The largest absolute Gasteiger partial charge is 0.416 e. The maximum absolute atomic E-state index is 12.4. The fourth-order valence-corrected chi connectivity index (χ4v) is 1.57. The van der Waals surface area contributed by atoms with Gasteiger partial charge in [0.15, 0.2) is 0 Å². The molecular formula is C11H12Cl2F3N. The lowest BCUT2D eigenvalue weighted by Gasteiger charge is -2.14. The number of hydrogen-bond acceptors (Lipinski definition) is 1. The summed E-state index contributed by atoms with van der Waals surface area (Å²) in [6, 6.07) is 2.57. The molecule has 1 aromatic carbocycles. The van der Waals surface area contributed by atoms with E-state index in [1.54, 1.807) is 6.08 Å². The molecule has 0 aliphatic rings. The van der Waals surface area contributed by atoms with Crippen molar-refractivity contribution in [3.8, 4) is 0 Å². The minimum Gasteiger partial charge on any atom is -0.324 e. The molecular weight excluding hydrogens is 274 g/mol. The number of benzene rings is 1. The highest BCUT2D eigenvalue weighted by molar-refractivity contribution is 6.31. The lowest BCUT2D eigenvalue weighted by molar-refractivity contribution is -0.137. The van der Waals surface area contributed by atoms with Crippen LogP contribution < -0.4 is 5.73 Å². The van der Waals surface area contributed by atoms with Crippen LogP contribution in [0.25, 0.3) is 0 Å². The van der Waals surface area contributed by atoms with Gasteiger partial charge < -0.3 is 5.73 Å². The average molecular weight is 286 g/mol. The van der Waals surface area contributed by atoms with Crippen LogP contribution in [0.2, 0.25) is 5.02 Å². The Hall–Kier alpha value is -0.710. The molecule has 17 heavy (non-hydrogen) atoms. The van der Waals surface area contributed by atoms with Crippen molar-refractivity contribution < 1.29 is 13.2 Å². The van der Waals surface area contributed by atoms with Crippen LogP contribution in [0.1, 0.15) is 23.6 Å². The van der Waals surface area contributed by atoms with E-state index < -0.39 is 17.8 Å². The van der Waals surface area contributed by atoms with Crippen LogP contribution in [0.4, 0.5) is 13.2 Å². The summed E-state index contributed by atoms with van der Waals surface area (Å²) in [6.45, 7) is 3.48. The van der Waals surface area contributed by atoms with Gasteiger partial charge in [-0.25, -0.2) is 0 Å². The third-order valence-corrected chi connectivity index (χ3v) is 2.49. The molecule has 0 aliphatic carbocycles. The summed E-state index contributed by atoms with van der Waals surface area (Å²) in [7, 11) is 0. The summed E-state index contributed by atoms with van der Waals surface area (Å²) in [6.07, 6.45) is -2.46. The molecule has 0 fully saturated rings. The highest BCUT2D eigenvalue weighted by atomic mass is 35.5. The maximum Gasteiger partial charge on any atom is 0.416 e. The second kappa shape index (κ2) is 6.28. The average Bonchev–Trinajstić information content (AvgIpc) is 2.16. The van der Waals surface area contributed by atoms with Crippen molar-refractivity contribution in [1.29, 1.82) is 0 Å². The predicted octanol–water partition coefficient (Wildman–Crippen LogP) is 4.36.